The van der Waals surface area contributed by atoms with Gasteiger partial charge in [-0.2, -0.15) is 0 Å². The van der Waals surface area contributed by atoms with Crippen LogP contribution in [0.3, 0.4) is 0 Å². The Morgan fingerprint density at radius 3 is 2.61 bits per heavy atom. The van der Waals surface area contributed by atoms with Crippen LogP contribution >= 0.6 is 12.2 Å². The molecule has 5 heteroatoms. The van der Waals surface area contributed by atoms with Gasteiger partial charge in [0.05, 0.1) is 19.8 Å². The maximum absolute atomic E-state index is 13.6. The second kappa shape index (κ2) is 8.13. The standard InChI is InChI=1S/C13H18FNO2S/c1-2-5-16-6-7-17-9-11-4-3-10(13(15)18)8-12(11)14/h3-4,8H,2,5-7,9H2,1H3,(H2,15,18). The van der Waals surface area contributed by atoms with Crippen molar-refractivity contribution in [2.75, 3.05) is 19.8 Å². The minimum absolute atomic E-state index is 0.189. The Morgan fingerprint density at radius 1 is 1.28 bits per heavy atom. The van der Waals surface area contributed by atoms with Crippen LogP contribution in [0.1, 0.15) is 24.5 Å². The van der Waals surface area contributed by atoms with Crippen LogP contribution in [0.5, 0.6) is 0 Å². The zero-order chi connectivity index (χ0) is 13.4. The van der Waals surface area contributed by atoms with E-state index in [-0.39, 0.29) is 17.4 Å². The van der Waals surface area contributed by atoms with Gasteiger partial charge in [-0.1, -0.05) is 31.3 Å². The molecule has 0 saturated carbocycles. The molecule has 3 nitrogen and oxygen atoms in total. The quantitative estimate of drug-likeness (QED) is 0.582. The van der Waals surface area contributed by atoms with Gasteiger partial charge in [0, 0.05) is 17.7 Å². The molecule has 0 heterocycles. The Kier molecular flexibility index (Phi) is 6.78. The van der Waals surface area contributed by atoms with E-state index >= 15 is 0 Å². The molecule has 1 rings (SSSR count). The summed E-state index contributed by atoms with van der Waals surface area (Å²) in [5.74, 6) is -0.352. The Labute approximate surface area is 112 Å². The molecule has 2 N–H and O–H groups in total. The molecule has 0 saturated heterocycles. The molecule has 0 bridgehead atoms. The maximum Gasteiger partial charge on any atom is 0.129 e. The van der Waals surface area contributed by atoms with Crippen LogP contribution in [0.4, 0.5) is 4.39 Å². The topological polar surface area (TPSA) is 44.5 Å². The van der Waals surface area contributed by atoms with Crippen molar-refractivity contribution in [3.63, 3.8) is 0 Å². The number of hydrogen-bond donors (Lipinski definition) is 1. The van der Waals surface area contributed by atoms with Gasteiger partial charge in [0.15, 0.2) is 0 Å². The van der Waals surface area contributed by atoms with Crippen LogP contribution in [-0.2, 0) is 16.1 Å². The highest BCUT2D eigenvalue weighted by atomic mass is 32.1. The van der Waals surface area contributed by atoms with E-state index in [1.807, 2.05) is 6.92 Å². The predicted octanol–water partition coefficient (Wildman–Crippen LogP) is 2.40. The molecular formula is C13H18FNO2S. The molecule has 0 aliphatic heterocycles. The lowest BCUT2D eigenvalue weighted by Gasteiger charge is -2.07. The van der Waals surface area contributed by atoms with Gasteiger partial charge in [0.1, 0.15) is 10.8 Å². The first-order valence-electron chi connectivity index (χ1n) is 5.89. The van der Waals surface area contributed by atoms with Gasteiger partial charge in [-0.25, -0.2) is 4.39 Å². The van der Waals surface area contributed by atoms with Crippen molar-refractivity contribution in [2.24, 2.45) is 5.73 Å². The molecule has 0 radical (unpaired) electrons. The highest BCUT2D eigenvalue weighted by Gasteiger charge is 2.05. The Balaban J connectivity index is 2.36. The van der Waals surface area contributed by atoms with Gasteiger partial charge in [0.2, 0.25) is 0 Å². The average Bonchev–Trinajstić information content (AvgIpc) is 2.35. The lowest BCUT2D eigenvalue weighted by Crippen LogP contribution is -2.10. The normalized spacial score (nSPS) is 10.6. The zero-order valence-electron chi connectivity index (χ0n) is 10.4. The summed E-state index contributed by atoms with van der Waals surface area (Å²) in [5, 5.41) is 0. The molecule has 0 aromatic heterocycles. The van der Waals surface area contributed by atoms with Crippen molar-refractivity contribution in [2.45, 2.75) is 20.0 Å². The summed E-state index contributed by atoms with van der Waals surface area (Å²) in [6.07, 6.45) is 0.981. The molecule has 0 aliphatic carbocycles. The number of thiocarbonyl (C=S) groups is 1. The Morgan fingerprint density at radius 2 is 2.00 bits per heavy atom. The van der Waals surface area contributed by atoms with Gasteiger partial charge >= 0.3 is 0 Å². The number of rotatable bonds is 8. The molecule has 0 spiro atoms. The van der Waals surface area contributed by atoms with Crippen molar-refractivity contribution in [3.8, 4) is 0 Å². The third kappa shape index (κ3) is 5.08. The van der Waals surface area contributed by atoms with Gasteiger partial charge in [-0.05, 0) is 12.5 Å². The van der Waals surface area contributed by atoms with Crippen LogP contribution in [0.2, 0.25) is 0 Å². The SMILES string of the molecule is CCCOCCOCc1ccc(C(N)=S)cc1F. The Bertz CT molecular complexity index is 399. The first-order valence-corrected chi connectivity index (χ1v) is 6.29. The molecule has 0 amide bonds. The zero-order valence-corrected chi connectivity index (χ0v) is 11.3. The van der Waals surface area contributed by atoms with E-state index < -0.39 is 0 Å². The third-order valence-corrected chi connectivity index (χ3v) is 2.55. The molecule has 0 atom stereocenters. The van der Waals surface area contributed by atoms with E-state index in [2.05, 4.69) is 0 Å². The smallest absolute Gasteiger partial charge is 0.129 e. The molecule has 0 unspecified atom stereocenters. The lowest BCUT2D eigenvalue weighted by molar-refractivity contribution is 0.0399. The van der Waals surface area contributed by atoms with Crippen LogP contribution in [0.15, 0.2) is 18.2 Å². The molecule has 0 fully saturated rings. The number of ether oxygens (including phenoxy) is 2. The van der Waals surface area contributed by atoms with Crippen molar-refractivity contribution in [1.82, 2.24) is 0 Å². The first-order chi connectivity index (χ1) is 8.65. The average molecular weight is 271 g/mol. The van der Waals surface area contributed by atoms with Crippen LogP contribution < -0.4 is 5.73 Å². The summed E-state index contributed by atoms with van der Waals surface area (Å²) in [4.78, 5) is 0.189. The van der Waals surface area contributed by atoms with Crippen molar-refractivity contribution in [1.29, 1.82) is 0 Å². The fourth-order valence-electron chi connectivity index (χ4n) is 1.36. The summed E-state index contributed by atoms with van der Waals surface area (Å²) < 4.78 is 24.2. The first kappa shape index (κ1) is 15.0. The predicted molar refractivity (Wildman–Crippen MR) is 73.1 cm³/mol. The Hall–Kier alpha value is -1.04. The second-order valence-corrected chi connectivity index (χ2v) is 4.28. The fraction of sp³-hybridized carbons (Fsp3) is 0.462. The van der Waals surface area contributed by atoms with E-state index in [4.69, 9.17) is 27.4 Å². The van der Waals surface area contributed by atoms with Crippen molar-refractivity contribution in [3.05, 3.63) is 35.1 Å². The van der Waals surface area contributed by atoms with E-state index in [0.717, 1.165) is 13.0 Å². The number of nitrogens with two attached hydrogens (primary N) is 1. The maximum atomic E-state index is 13.6. The molecule has 18 heavy (non-hydrogen) atoms. The minimum Gasteiger partial charge on any atom is -0.389 e. The largest absolute Gasteiger partial charge is 0.389 e. The van der Waals surface area contributed by atoms with E-state index in [1.165, 1.54) is 6.07 Å². The van der Waals surface area contributed by atoms with E-state index in [0.29, 0.717) is 24.3 Å². The summed E-state index contributed by atoms with van der Waals surface area (Å²) in [5.41, 5.74) is 6.43. The summed E-state index contributed by atoms with van der Waals surface area (Å²) in [7, 11) is 0. The molecule has 1 aromatic carbocycles. The van der Waals surface area contributed by atoms with Gasteiger partial charge in [-0.15, -0.1) is 0 Å². The molecule has 100 valence electrons. The monoisotopic (exact) mass is 271 g/mol. The second-order valence-electron chi connectivity index (χ2n) is 3.84. The van der Waals surface area contributed by atoms with Crippen molar-refractivity contribution >= 4 is 17.2 Å². The number of halogens is 1. The van der Waals surface area contributed by atoms with Crippen LogP contribution in [-0.4, -0.2) is 24.8 Å². The van der Waals surface area contributed by atoms with Crippen molar-refractivity contribution < 1.29 is 13.9 Å². The van der Waals surface area contributed by atoms with E-state index in [9.17, 15) is 4.39 Å². The third-order valence-electron chi connectivity index (χ3n) is 2.32. The number of benzene rings is 1. The van der Waals surface area contributed by atoms with Gasteiger partial charge in [0.25, 0.3) is 0 Å². The summed E-state index contributed by atoms with van der Waals surface area (Å²) in [6, 6.07) is 4.66. The van der Waals surface area contributed by atoms with E-state index in [1.54, 1.807) is 12.1 Å². The fourth-order valence-corrected chi connectivity index (χ4v) is 1.49. The molecule has 1 aromatic rings. The molecular weight excluding hydrogens is 253 g/mol. The summed E-state index contributed by atoms with van der Waals surface area (Å²) in [6.45, 7) is 3.97. The minimum atomic E-state index is -0.352. The lowest BCUT2D eigenvalue weighted by atomic mass is 10.1. The van der Waals surface area contributed by atoms with Gasteiger partial charge < -0.3 is 15.2 Å². The van der Waals surface area contributed by atoms with Crippen LogP contribution in [0, 0.1) is 5.82 Å². The molecule has 0 aliphatic rings. The number of hydrogen-bond acceptors (Lipinski definition) is 3. The van der Waals surface area contributed by atoms with Gasteiger partial charge in [-0.3, -0.25) is 0 Å². The highest BCUT2D eigenvalue weighted by molar-refractivity contribution is 7.80. The summed E-state index contributed by atoms with van der Waals surface area (Å²) >= 11 is 4.78. The van der Waals surface area contributed by atoms with Crippen LogP contribution in [0.25, 0.3) is 0 Å². The highest BCUT2D eigenvalue weighted by Crippen LogP contribution is 2.11.